The summed E-state index contributed by atoms with van der Waals surface area (Å²) in [6.07, 6.45) is -0.187. The van der Waals surface area contributed by atoms with Gasteiger partial charge in [-0.3, -0.25) is 24.2 Å². The highest BCUT2D eigenvalue weighted by Crippen LogP contribution is 2.40. The minimum absolute atomic E-state index is 0.00561. The van der Waals surface area contributed by atoms with Crippen molar-refractivity contribution in [1.82, 2.24) is 10.3 Å². The van der Waals surface area contributed by atoms with Gasteiger partial charge < -0.3 is 5.32 Å². The first kappa shape index (κ1) is 29.0. The van der Waals surface area contributed by atoms with E-state index in [1.54, 1.807) is 6.07 Å². The van der Waals surface area contributed by atoms with Crippen LogP contribution in [0.25, 0.3) is 0 Å². The summed E-state index contributed by atoms with van der Waals surface area (Å²) in [5.41, 5.74) is -0.457. The van der Waals surface area contributed by atoms with E-state index in [0.717, 1.165) is 23.1 Å². The summed E-state index contributed by atoms with van der Waals surface area (Å²) in [6.45, 7) is 0. The maximum atomic E-state index is 15.4. The van der Waals surface area contributed by atoms with Gasteiger partial charge in [-0.15, -0.1) is 0 Å². The Bertz CT molecular complexity index is 1610. The maximum absolute atomic E-state index is 15.4. The zero-order chi connectivity index (χ0) is 30.2. The molecular formula is C29H22ClF4N5O3. The van der Waals surface area contributed by atoms with Gasteiger partial charge in [-0.05, 0) is 36.8 Å². The number of pyridine rings is 1. The fourth-order valence-corrected chi connectivity index (χ4v) is 5.43. The minimum atomic E-state index is -2.97. The van der Waals surface area contributed by atoms with Crippen molar-refractivity contribution in [2.45, 2.75) is 49.7 Å². The van der Waals surface area contributed by atoms with E-state index in [4.69, 9.17) is 11.6 Å². The molecular weight excluding hydrogens is 578 g/mol. The molecule has 1 aromatic heterocycles. The van der Waals surface area contributed by atoms with Crippen molar-refractivity contribution in [3.8, 4) is 6.07 Å². The van der Waals surface area contributed by atoms with Crippen LogP contribution in [0.15, 0.2) is 60.8 Å². The van der Waals surface area contributed by atoms with Crippen LogP contribution in [0, 0.1) is 23.0 Å². The zero-order valence-corrected chi connectivity index (χ0v) is 22.5. The predicted molar refractivity (Wildman–Crippen MR) is 144 cm³/mol. The van der Waals surface area contributed by atoms with Gasteiger partial charge in [0.05, 0.1) is 17.3 Å². The number of hydrogen-bond donors (Lipinski definition) is 1. The molecule has 3 aromatic rings. The summed E-state index contributed by atoms with van der Waals surface area (Å²) in [4.78, 5) is 47.0. The smallest absolute Gasteiger partial charge is 0.252 e. The van der Waals surface area contributed by atoms with Crippen LogP contribution < -0.4 is 15.1 Å². The van der Waals surface area contributed by atoms with Gasteiger partial charge in [-0.1, -0.05) is 35.9 Å². The van der Waals surface area contributed by atoms with E-state index in [9.17, 15) is 32.8 Å². The second kappa shape index (κ2) is 11.4. The molecule has 1 saturated heterocycles. The third-order valence-corrected chi connectivity index (χ3v) is 7.53. The van der Waals surface area contributed by atoms with E-state index in [1.165, 1.54) is 36.5 Å². The molecule has 0 bridgehead atoms. The zero-order valence-electron chi connectivity index (χ0n) is 21.7. The number of benzene rings is 2. The summed E-state index contributed by atoms with van der Waals surface area (Å²) >= 11 is 6.43. The summed E-state index contributed by atoms with van der Waals surface area (Å²) in [7, 11) is 0. The van der Waals surface area contributed by atoms with Gasteiger partial charge >= 0.3 is 0 Å². The first-order valence-corrected chi connectivity index (χ1v) is 13.3. The number of aromatic nitrogens is 1. The van der Waals surface area contributed by atoms with E-state index in [2.05, 4.69) is 10.3 Å². The van der Waals surface area contributed by atoms with E-state index in [0.29, 0.717) is 4.90 Å². The normalized spacial score (nSPS) is 18.6. The molecule has 1 aliphatic carbocycles. The van der Waals surface area contributed by atoms with Crippen molar-refractivity contribution in [2.75, 3.05) is 9.80 Å². The van der Waals surface area contributed by atoms with E-state index >= 15 is 4.39 Å². The van der Waals surface area contributed by atoms with Crippen molar-refractivity contribution >= 4 is 40.8 Å². The summed E-state index contributed by atoms with van der Waals surface area (Å²) < 4.78 is 57.1. The second-order valence-corrected chi connectivity index (χ2v) is 10.4. The number of carbonyl (C=O) groups is 3. The average molecular weight is 600 g/mol. The van der Waals surface area contributed by atoms with Gasteiger partial charge in [0.15, 0.2) is 11.6 Å². The SMILES string of the molecule is N#Cc1ccnc(N2C(=O)CC[C@H]2C(=O)N(c2cccc(F)c2F)C(C(=O)NC2CC(F)(F)C2)c2ccccc2Cl)c1. The fourth-order valence-electron chi connectivity index (χ4n) is 5.19. The van der Waals surface area contributed by atoms with Crippen LogP contribution in [0.3, 0.4) is 0 Å². The van der Waals surface area contributed by atoms with Gasteiger partial charge in [-0.2, -0.15) is 5.26 Å². The standard InChI is InChI=1S/C29H22ClF4N5O3/c30-19-5-2-1-4-18(19)26(27(41)37-17-13-29(33,34)14-17)39(21-7-3-6-20(31)25(21)32)28(42)22-8-9-24(40)38(22)23-12-16(15-35)10-11-36-23/h1-7,10-12,17,22,26H,8-9,13-14H2,(H,37,41)/t22-,26?/m0/s1. The number of hydrogen-bond acceptors (Lipinski definition) is 5. The molecule has 3 amide bonds. The third-order valence-electron chi connectivity index (χ3n) is 7.19. The van der Waals surface area contributed by atoms with Crippen molar-refractivity contribution in [3.05, 3.63) is 88.6 Å². The number of carbonyl (C=O) groups excluding carboxylic acids is 3. The number of anilines is 2. The van der Waals surface area contributed by atoms with Gasteiger partial charge in [0.1, 0.15) is 17.9 Å². The maximum Gasteiger partial charge on any atom is 0.252 e. The van der Waals surface area contributed by atoms with Crippen LogP contribution in [0.5, 0.6) is 0 Å². The molecule has 2 atom stereocenters. The molecule has 13 heteroatoms. The Hall–Kier alpha value is -4.50. The number of alkyl halides is 2. The molecule has 2 aromatic carbocycles. The second-order valence-electron chi connectivity index (χ2n) is 10.0. The first-order valence-electron chi connectivity index (χ1n) is 12.9. The van der Waals surface area contributed by atoms with Crippen LogP contribution in [-0.4, -0.2) is 40.7 Å². The van der Waals surface area contributed by atoms with Gasteiger partial charge in [-0.25, -0.2) is 22.5 Å². The lowest BCUT2D eigenvalue weighted by Gasteiger charge is -2.39. The molecule has 8 nitrogen and oxygen atoms in total. The Kier molecular flexibility index (Phi) is 7.88. The molecule has 1 unspecified atom stereocenters. The van der Waals surface area contributed by atoms with Crippen LogP contribution >= 0.6 is 11.6 Å². The largest absolute Gasteiger partial charge is 0.351 e. The topological polar surface area (TPSA) is 106 Å². The average Bonchev–Trinajstić information content (AvgIpc) is 3.34. The van der Waals surface area contributed by atoms with Crippen LogP contribution in [0.2, 0.25) is 5.02 Å². The van der Waals surface area contributed by atoms with Gasteiger partial charge in [0.25, 0.3) is 11.8 Å². The van der Waals surface area contributed by atoms with Crippen molar-refractivity contribution in [1.29, 1.82) is 5.26 Å². The molecule has 1 saturated carbocycles. The van der Waals surface area contributed by atoms with E-state index in [-0.39, 0.29) is 34.8 Å². The molecule has 0 radical (unpaired) electrons. The number of nitriles is 1. The van der Waals surface area contributed by atoms with Crippen LogP contribution in [-0.2, 0) is 14.4 Å². The molecule has 2 aliphatic rings. The molecule has 1 aliphatic heterocycles. The van der Waals surface area contributed by atoms with Gasteiger partial charge in [0.2, 0.25) is 11.8 Å². The quantitative estimate of drug-likeness (QED) is 0.382. The summed E-state index contributed by atoms with van der Waals surface area (Å²) in [5, 5.41) is 11.8. The Labute approximate surface area is 242 Å². The van der Waals surface area contributed by atoms with Crippen molar-refractivity contribution in [3.63, 3.8) is 0 Å². The molecule has 5 rings (SSSR count). The minimum Gasteiger partial charge on any atom is -0.351 e. The Morgan fingerprint density at radius 1 is 1.14 bits per heavy atom. The van der Waals surface area contributed by atoms with E-state index < -0.39 is 71.9 Å². The first-order chi connectivity index (χ1) is 20.0. The molecule has 1 N–H and O–H groups in total. The highest BCUT2D eigenvalue weighted by atomic mass is 35.5. The Morgan fingerprint density at radius 3 is 2.57 bits per heavy atom. The highest BCUT2D eigenvalue weighted by Gasteiger charge is 2.49. The van der Waals surface area contributed by atoms with E-state index in [1.807, 2.05) is 6.07 Å². The predicted octanol–water partition coefficient (Wildman–Crippen LogP) is 5.07. The number of amides is 3. The number of nitrogens with one attached hydrogen (secondary N) is 1. The van der Waals surface area contributed by atoms with Crippen molar-refractivity contribution < 1.29 is 31.9 Å². The number of rotatable bonds is 7. The van der Waals surface area contributed by atoms with Gasteiger partial charge in [0, 0.05) is 42.1 Å². The molecule has 2 fully saturated rings. The van der Waals surface area contributed by atoms with Crippen molar-refractivity contribution in [2.24, 2.45) is 0 Å². The fraction of sp³-hybridized carbons (Fsp3) is 0.276. The summed E-state index contributed by atoms with van der Waals surface area (Å²) in [5.74, 6) is -8.22. The third kappa shape index (κ3) is 5.52. The molecule has 42 heavy (non-hydrogen) atoms. The van der Waals surface area contributed by atoms with Crippen LogP contribution in [0.4, 0.5) is 29.1 Å². The summed E-state index contributed by atoms with van der Waals surface area (Å²) in [6, 6.07) is 9.52. The number of halogens is 5. The Balaban J connectivity index is 1.64. The van der Waals surface area contributed by atoms with Crippen LogP contribution in [0.1, 0.15) is 42.9 Å². The highest BCUT2D eigenvalue weighted by molar-refractivity contribution is 6.31. The lowest BCUT2D eigenvalue weighted by Crippen LogP contribution is -2.56. The Morgan fingerprint density at radius 2 is 1.88 bits per heavy atom. The number of nitrogens with zero attached hydrogens (tertiary/aromatic N) is 4. The molecule has 0 spiro atoms. The lowest BCUT2D eigenvalue weighted by molar-refractivity contribution is -0.133. The molecule has 2 heterocycles. The lowest BCUT2D eigenvalue weighted by atomic mass is 9.87. The monoisotopic (exact) mass is 599 g/mol. The molecule has 216 valence electrons.